The number of hydrogen-bond acceptors (Lipinski definition) is 3. The second kappa shape index (κ2) is 7.13. The zero-order valence-electron chi connectivity index (χ0n) is 9.68. The molecule has 0 amide bonds. The Morgan fingerprint density at radius 3 is 2.71 bits per heavy atom. The molecule has 1 rings (SSSR count). The molecule has 0 spiro atoms. The van der Waals surface area contributed by atoms with Crippen LogP contribution in [-0.4, -0.2) is 19.2 Å². The highest BCUT2D eigenvalue weighted by molar-refractivity contribution is 5.87. The predicted octanol–water partition coefficient (Wildman–Crippen LogP) is 2.27. The van der Waals surface area contributed by atoms with Crippen LogP contribution in [0.15, 0.2) is 30.3 Å². The van der Waals surface area contributed by atoms with E-state index >= 15 is 0 Å². The third-order valence-electron chi connectivity index (χ3n) is 1.90. The minimum Gasteiger partial charge on any atom is -0.481 e. The molecule has 0 N–H and O–H groups in total. The lowest BCUT2D eigenvalue weighted by atomic mass is 10.2. The number of esters is 1. The normalized spacial score (nSPS) is 9.88. The van der Waals surface area contributed by atoms with Crippen molar-refractivity contribution in [2.45, 2.75) is 6.92 Å². The van der Waals surface area contributed by atoms with Gasteiger partial charge in [-0.15, -0.1) is 6.42 Å². The molecule has 0 aliphatic heterocycles. The van der Waals surface area contributed by atoms with Gasteiger partial charge >= 0.3 is 5.97 Å². The number of terminal acetylenes is 1. The standard InChI is InChI=1S/C14H14O3/c1-3-11-17-13-8-5-12(6-9-13)7-10-14(15)16-4-2/h1,5-10H,4,11H2,2H3. The lowest BCUT2D eigenvalue weighted by Gasteiger charge is -2.01. The molecule has 17 heavy (non-hydrogen) atoms. The van der Waals surface area contributed by atoms with E-state index in [2.05, 4.69) is 5.92 Å². The zero-order valence-corrected chi connectivity index (χ0v) is 9.68. The summed E-state index contributed by atoms with van der Waals surface area (Å²) in [5, 5.41) is 0. The van der Waals surface area contributed by atoms with Crippen LogP contribution in [0.5, 0.6) is 5.75 Å². The first-order valence-corrected chi connectivity index (χ1v) is 5.27. The smallest absolute Gasteiger partial charge is 0.330 e. The van der Waals surface area contributed by atoms with Crippen molar-refractivity contribution in [1.29, 1.82) is 0 Å². The van der Waals surface area contributed by atoms with E-state index in [0.29, 0.717) is 12.4 Å². The van der Waals surface area contributed by atoms with Crippen molar-refractivity contribution in [2.75, 3.05) is 13.2 Å². The zero-order chi connectivity index (χ0) is 12.5. The Labute approximate surface area is 101 Å². The Hall–Kier alpha value is -2.21. The molecule has 3 nitrogen and oxygen atoms in total. The maximum absolute atomic E-state index is 11.1. The molecule has 0 radical (unpaired) electrons. The quantitative estimate of drug-likeness (QED) is 0.442. The van der Waals surface area contributed by atoms with Crippen molar-refractivity contribution in [1.82, 2.24) is 0 Å². The van der Waals surface area contributed by atoms with Crippen molar-refractivity contribution < 1.29 is 14.3 Å². The van der Waals surface area contributed by atoms with E-state index in [1.54, 1.807) is 25.1 Å². The largest absolute Gasteiger partial charge is 0.481 e. The molecule has 0 saturated carbocycles. The molecule has 88 valence electrons. The van der Waals surface area contributed by atoms with Crippen molar-refractivity contribution >= 4 is 12.0 Å². The van der Waals surface area contributed by atoms with Gasteiger partial charge in [0.1, 0.15) is 12.4 Å². The summed E-state index contributed by atoms with van der Waals surface area (Å²) in [6, 6.07) is 7.26. The molecule has 0 bridgehead atoms. The molecule has 0 heterocycles. The first kappa shape index (κ1) is 12.9. The Bertz CT molecular complexity index is 424. The first-order chi connectivity index (χ1) is 8.26. The highest BCUT2D eigenvalue weighted by Crippen LogP contribution is 2.12. The summed E-state index contributed by atoms with van der Waals surface area (Å²) in [5.41, 5.74) is 0.895. The van der Waals surface area contributed by atoms with Crippen LogP contribution in [0.2, 0.25) is 0 Å². The predicted molar refractivity (Wildman–Crippen MR) is 66.4 cm³/mol. The van der Waals surface area contributed by atoms with Crippen LogP contribution in [0.25, 0.3) is 6.08 Å². The molecule has 0 fully saturated rings. The third kappa shape index (κ3) is 4.89. The van der Waals surface area contributed by atoms with Crippen molar-refractivity contribution in [3.05, 3.63) is 35.9 Å². The van der Waals surface area contributed by atoms with Crippen LogP contribution in [0.3, 0.4) is 0 Å². The van der Waals surface area contributed by atoms with Gasteiger partial charge in [-0.1, -0.05) is 18.1 Å². The fourth-order valence-corrected chi connectivity index (χ4v) is 1.15. The van der Waals surface area contributed by atoms with Crippen LogP contribution in [0.1, 0.15) is 12.5 Å². The molecular weight excluding hydrogens is 216 g/mol. The van der Waals surface area contributed by atoms with Crippen LogP contribution in [0, 0.1) is 12.3 Å². The van der Waals surface area contributed by atoms with Crippen LogP contribution >= 0.6 is 0 Å². The van der Waals surface area contributed by atoms with Gasteiger partial charge in [-0.25, -0.2) is 4.79 Å². The molecule has 1 aromatic rings. The van der Waals surface area contributed by atoms with E-state index in [-0.39, 0.29) is 12.6 Å². The lowest BCUT2D eigenvalue weighted by Crippen LogP contribution is -1.98. The van der Waals surface area contributed by atoms with Crippen LogP contribution in [-0.2, 0) is 9.53 Å². The monoisotopic (exact) mass is 230 g/mol. The highest BCUT2D eigenvalue weighted by Gasteiger charge is 1.95. The summed E-state index contributed by atoms with van der Waals surface area (Å²) in [4.78, 5) is 11.1. The third-order valence-corrected chi connectivity index (χ3v) is 1.90. The minimum atomic E-state index is -0.347. The number of benzene rings is 1. The Kier molecular flexibility index (Phi) is 5.39. The molecule has 0 unspecified atom stereocenters. The molecular formula is C14H14O3. The van der Waals surface area contributed by atoms with Crippen molar-refractivity contribution in [2.24, 2.45) is 0 Å². The van der Waals surface area contributed by atoms with E-state index < -0.39 is 0 Å². The summed E-state index contributed by atoms with van der Waals surface area (Å²) in [5.74, 6) is 2.75. The van der Waals surface area contributed by atoms with Gasteiger partial charge < -0.3 is 9.47 Å². The maximum Gasteiger partial charge on any atom is 0.330 e. The number of carbonyl (C=O) groups excluding carboxylic acids is 1. The summed E-state index contributed by atoms with van der Waals surface area (Å²) < 4.78 is 9.99. The Morgan fingerprint density at radius 2 is 2.12 bits per heavy atom. The molecule has 0 aromatic heterocycles. The fraction of sp³-hybridized carbons (Fsp3) is 0.214. The van der Waals surface area contributed by atoms with Crippen molar-refractivity contribution in [3.63, 3.8) is 0 Å². The Balaban J connectivity index is 2.56. The van der Waals surface area contributed by atoms with Gasteiger partial charge in [0.15, 0.2) is 0 Å². The van der Waals surface area contributed by atoms with E-state index in [4.69, 9.17) is 15.9 Å². The van der Waals surface area contributed by atoms with Gasteiger partial charge in [0, 0.05) is 6.08 Å². The van der Waals surface area contributed by atoms with Gasteiger partial charge in [-0.3, -0.25) is 0 Å². The van der Waals surface area contributed by atoms with Gasteiger partial charge in [0.25, 0.3) is 0 Å². The number of rotatable bonds is 5. The number of ether oxygens (including phenoxy) is 2. The summed E-state index contributed by atoms with van der Waals surface area (Å²) in [6.45, 7) is 2.39. The number of hydrogen-bond donors (Lipinski definition) is 0. The molecule has 0 aliphatic carbocycles. The van der Waals surface area contributed by atoms with Gasteiger partial charge in [-0.05, 0) is 30.7 Å². The maximum atomic E-state index is 11.1. The highest BCUT2D eigenvalue weighted by atomic mass is 16.5. The average molecular weight is 230 g/mol. The Morgan fingerprint density at radius 1 is 1.41 bits per heavy atom. The lowest BCUT2D eigenvalue weighted by molar-refractivity contribution is -0.137. The van der Waals surface area contributed by atoms with Gasteiger partial charge in [0.2, 0.25) is 0 Å². The summed E-state index contributed by atoms with van der Waals surface area (Å²) in [6.07, 6.45) is 8.15. The number of carbonyl (C=O) groups is 1. The van der Waals surface area contributed by atoms with Gasteiger partial charge in [0.05, 0.1) is 6.61 Å². The van der Waals surface area contributed by atoms with E-state index in [9.17, 15) is 4.79 Å². The van der Waals surface area contributed by atoms with Crippen LogP contribution in [0.4, 0.5) is 0 Å². The topological polar surface area (TPSA) is 35.5 Å². The van der Waals surface area contributed by atoms with Crippen LogP contribution < -0.4 is 4.74 Å². The molecule has 0 atom stereocenters. The minimum absolute atomic E-state index is 0.248. The fourth-order valence-electron chi connectivity index (χ4n) is 1.15. The summed E-state index contributed by atoms with van der Waals surface area (Å²) >= 11 is 0. The first-order valence-electron chi connectivity index (χ1n) is 5.27. The molecule has 0 saturated heterocycles. The van der Waals surface area contributed by atoms with E-state index in [1.165, 1.54) is 6.08 Å². The van der Waals surface area contributed by atoms with E-state index in [1.807, 2.05) is 12.1 Å². The average Bonchev–Trinajstić information content (AvgIpc) is 2.35. The second-order valence-electron chi connectivity index (χ2n) is 3.15. The molecule has 1 aromatic carbocycles. The molecule has 0 aliphatic rings. The SMILES string of the molecule is C#CCOc1ccc(C=CC(=O)OCC)cc1. The van der Waals surface area contributed by atoms with E-state index in [0.717, 1.165) is 5.56 Å². The molecule has 3 heteroatoms. The van der Waals surface area contributed by atoms with Crippen molar-refractivity contribution in [3.8, 4) is 18.1 Å². The van der Waals surface area contributed by atoms with Gasteiger partial charge in [-0.2, -0.15) is 0 Å². The summed E-state index contributed by atoms with van der Waals surface area (Å²) in [7, 11) is 0. The second-order valence-corrected chi connectivity index (χ2v) is 3.15.